The number of hydrogen-bond donors (Lipinski definition) is 2. The third-order valence-corrected chi connectivity index (χ3v) is 4.51. The quantitative estimate of drug-likeness (QED) is 0.862. The van der Waals surface area contributed by atoms with Gasteiger partial charge < -0.3 is 15.8 Å². The molecule has 0 spiro atoms. The molecule has 1 heterocycles. The highest BCUT2D eigenvalue weighted by Crippen LogP contribution is 2.48. The lowest BCUT2D eigenvalue weighted by molar-refractivity contribution is -0.121. The summed E-state index contributed by atoms with van der Waals surface area (Å²) in [5, 5.41) is 2.91. The number of amides is 1. The van der Waals surface area contributed by atoms with E-state index in [1.807, 2.05) is 0 Å². The minimum atomic E-state index is -0.0661. The third kappa shape index (κ3) is 2.08. The lowest BCUT2D eigenvalue weighted by Crippen LogP contribution is -2.42. The maximum absolute atomic E-state index is 12.4. The van der Waals surface area contributed by atoms with Crippen molar-refractivity contribution in [2.24, 2.45) is 23.5 Å². The van der Waals surface area contributed by atoms with Gasteiger partial charge in [-0.2, -0.15) is 0 Å². The zero-order chi connectivity index (χ0) is 13.4. The number of nitrogens with one attached hydrogen (secondary N) is 1. The summed E-state index contributed by atoms with van der Waals surface area (Å²) in [6.07, 6.45) is 5.04. The van der Waals surface area contributed by atoms with Crippen molar-refractivity contribution in [2.75, 3.05) is 12.4 Å². The van der Waals surface area contributed by atoms with Crippen LogP contribution >= 0.6 is 0 Å². The van der Waals surface area contributed by atoms with E-state index in [9.17, 15) is 4.79 Å². The van der Waals surface area contributed by atoms with E-state index in [0.717, 1.165) is 12.8 Å². The number of carbonyl (C=O) groups is 1. The summed E-state index contributed by atoms with van der Waals surface area (Å²) < 4.78 is 5.14. The van der Waals surface area contributed by atoms with Gasteiger partial charge >= 0.3 is 0 Å². The lowest BCUT2D eigenvalue weighted by atomic mass is 9.84. The molecule has 5 nitrogen and oxygen atoms in total. The molecule has 0 aliphatic heterocycles. The Morgan fingerprint density at radius 1 is 1.47 bits per heavy atom. The number of fused-ring (bicyclic) bond motifs is 2. The van der Waals surface area contributed by atoms with Crippen molar-refractivity contribution in [1.29, 1.82) is 0 Å². The van der Waals surface area contributed by atoms with E-state index in [2.05, 4.69) is 10.3 Å². The number of carbonyl (C=O) groups excluding carboxylic acids is 1. The Bertz CT molecular complexity index is 489. The summed E-state index contributed by atoms with van der Waals surface area (Å²) in [6, 6.07) is 3.57. The van der Waals surface area contributed by atoms with E-state index in [1.54, 1.807) is 25.4 Å². The van der Waals surface area contributed by atoms with Crippen molar-refractivity contribution >= 4 is 11.6 Å². The second-order valence-electron chi connectivity index (χ2n) is 5.49. The molecule has 1 aromatic heterocycles. The van der Waals surface area contributed by atoms with E-state index < -0.39 is 0 Å². The van der Waals surface area contributed by atoms with E-state index in [-0.39, 0.29) is 17.9 Å². The Morgan fingerprint density at radius 2 is 2.26 bits per heavy atom. The summed E-state index contributed by atoms with van der Waals surface area (Å²) in [5.41, 5.74) is 6.80. The minimum absolute atomic E-state index is 0.00131. The molecule has 1 amide bonds. The second kappa shape index (κ2) is 4.81. The minimum Gasteiger partial charge on any atom is -0.480 e. The number of nitrogens with zero attached hydrogens (tertiary/aromatic N) is 1. The number of anilines is 1. The van der Waals surface area contributed by atoms with E-state index in [1.165, 1.54) is 6.42 Å². The van der Waals surface area contributed by atoms with E-state index >= 15 is 0 Å². The first-order valence-corrected chi connectivity index (χ1v) is 6.76. The van der Waals surface area contributed by atoms with Crippen LogP contribution in [0.1, 0.15) is 19.3 Å². The molecular weight excluding hydrogens is 242 g/mol. The van der Waals surface area contributed by atoms with Crippen LogP contribution in [0.4, 0.5) is 5.69 Å². The highest BCUT2D eigenvalue weighted by atomic mass is 16.5. The van der Waals surface area contributed by atoms with Gasteiger partial charge in [-0.15, -0.1) is 0 Å². The lowest BCUT2D eigenvalue weighted by Gasteiger charge is -2.27. The summed E-state index contributed by atoms with van der Waals surface area (Å²) in [6.45, 7) is 0. The average Bonchev–Trinajstić information content (AvgIpc) is 3.00. The molecule has 19 heavy (non-hydrogen) atoms. The van der Waals surface area contributed by atoms with Crippen LogP contribution in [0.3, 0.4) is 0 Å². The summed E-state index contributed by atoms with van der Waals surface area (Å²) >= 11 is 0. The van der Waals surface area contributed by atoms with Gasteiger partial charge in [0.1, 0.15) is 5.69 Å². The zero-order valence-corrected chi connectivity index (χ0v) is 11.0. The third-order valence-electron chi connectivity index (χ3n) is 4.51. The number of ether oxygens (including phenoxy) is 1. The average molecular weight is 261 g/mol. The molecule has 0 aromatic carbocycles. The van der Waals surface area contributed by atoms with Gasteiger partial charge in [0.25, 0.3) is 0 Å². The maximum Gasteiger partial charge on any atom is 0.237 e. The van der Waals surface area contributed by atoms with Gasteiger partial charge in [0.15, 0.2) is 0 Å². The molecule has 4 unspecified atom stereocenters. The molecule has 102 valence electrons. The number of pyridine rings is 1. The van der Waals surface area contributed by atoms with Gasteiger partial charge in [-0.3, -0.25) is 4.79 Å². The van der Waals surface area contributed by atoms with Crippen molar-refractivity contribution in [3.8, 4) is 5.88 Å². The first-order valence-electron chi connectivity index (χ1n) is 6.76. The second-order valence-corrected chi connectivity index (χ2v) is 5.49. The molecule has 3 rings (SSSR count). The Labute approximate surface area is 112 Å². The molecule has 2 fully saturated rings. The molecule has 2 aliphatic rings. The Morgan fingerprint density at radius 3 is 2.95 bits per heavy atom. The van der Waals surface area contributed by atoms with Crippen LogP contribution in [0, 0.1) is 17.8 Å². The fourth-order valence-corrected chi connectivity index (χ4v) is 3.59. The molecule has 4 atom stereocenters. The first-order chi connectivity index (χ1) is 9.20. The largest absolute Gasteiger partial charge is 0.480 e. The molecular formula is C14H19N3O2. The fourth-order valence-electron chi connectivity index (χ4n) is 3.59. The van der Waals surface area contributed by atoms with Crippen molar-refractivity contribution in [3.63, 3.8) is 0 Å². The fraction of sp³-hybridized carbons (Fsp3) is 0.571. The summed E-state index contributed by atoms with van der Waals surface area (Å²) in [5.74, 6) is 1.35. The maximum atomic E-state index is 12.4. The summed E-state index contributed by atoms with van der Waals surface area (Å²) in [7, 11) is 1.54. The van der Waals surface area contributed by atoms with Crippen molar-refractivity contribution in [1.82, 2.24) is 4.98 Å². The van der Waals surface area contributed by atoms with E-state index in [4.69, 9.17) is 10.5 Å². The number of hydrogen-bond acceptors (Lipinski definition) is 4. The number of aromatic nitrogens is 1. The number of nitrogens with two attached hydrogens (primary N) is 1. The van der Waals surface area contributed by atoms with Crippen molar-refractivity contribution in [3.05, 3.63) is 18.3 Å². The predicted octanol–water partition coefficient (Wildman–Crippen LogP) is 1.40. The molecule has 0 radical (unpaired) electrons. The van der Waals surface area contributed by atoms with Crippen LogP contribution in [0.25, 0.3) is 0 Å². The smallest absolute Gasteiger partial charge is 0.237 e. The van der Waals surface area contributed by atoms with Crippen LogP contribution in [0.5, 0.6) is 5.88 Å². The van der Waals surface area contributed by atoms with Gasteiger partial charge in [0, 0.05) is 12.2 Å². The topological polar surface area (TPSA) is 77.2 Å². The molecule has 0 saturated heterocycles. The number of methoxy groups -OCH3 is 1. The molecule has 5 heteroatoms. The van der Waals surface area contributed by atoms with E-state index in [0.29, 0.717) is 23.4 Å². The highest BCUT2D eigenvalue weighted by molar-refractivity contribution is 5.94. The molecule has 2 aliphatic carbocycles. The Hall–Kier alpha value is -1.62. The Kier molecular flexibility index (Phi) is 3.14. The normalized spacial score (nSPS) is 32.3. The van der Waals surface area contributed by atoms with Crippen LogP contribution < -0.4 is 15.8 Å². The Balaban J connectivity index is 1.75. The van der Waals surface area contributed by atoms with Crippen LogP contribution in [0.15, 0.2) is 18.3 Å². The standard InChI is InChI=1S/C14H19N3O2/c1-19-14-10(3-2-6-16-14)17-13(18)11-8-4-5-9(7-8)12(11)15/h2-3,6,8-9,11-12H,4-5,7,15H2,1H3,(H,17,18). The predicted molar refractivity (Wildman–Crippen MR) is 71.7 cm³/mol. The molecule has 1 aromatic rings. The van der Waals surface area contributed by atoms with Gasteiger partial charge in [-0.1, -0.05) is 0 Å². The molecule has 2 saturated carbocycles. The van der Waals surface area contributed by atoms with Crippen LogP contribution in [-0.2, 0) is 4.79 Å². The highest BCUT2D eigenvalue weighted by Gasteiger charge is 2.49. The monoisotopic (exact) mass is 261 g/mol. The molecule has 3 N–H and O–H groups in total. The van der Waals surface area contributed by atoms with Gasteiger partial charge in [-0.05, 0) is 43.2 Å². The van der Waals surface area contributed by atoms with Crippen molar-refractivity contribution < 1.29 is 9.53 Å². The van der Waals surface area contributed by atoms with Gasteiger partial charge in [-0.25, -0.2) is 4.98 Å². The van der Waals surface area contributed by atoms with Crippen LogP contribution in [-0.4, -0.2) is 24.0 Å². The van der Waals surface area contributed by atoms with Crippen LogP contribution in [0.2, 0.25) is 0 Å². The van der Waals surface area contributed by atoms with Gasteiger partial charge in [0.05, 0.1) is 13.0 Å². The molecule has 2 bridgehead atoms. The first kappa shape index (κ1) is 12.4. The van der Waals surface area contributed by atoms with Crippen molar-refractivity contribution in [2.45, 2.75) is 25.3 Å². The van der Waals surface area contributed by atoms with Gasteiger partial charge in [0.2, 0.25) is 11.8 Å². The number of rotatable bonds is 3. The summed E-state index contributed by atoms with van der Waals surface area (Å²) in [4.78, 5) is 16.5. The zero-order valence-electron chi connectivity index (χ0n) is 11.0. The SMILES string of the molecule is COc1ncccc1NC(=O)C1C2CCC(C2)C1N.